The molecule has 166 valence electrons. The Morgan fingerprint density at radius 3 is 2.16 bits per heavy atom. The molecule has 0 aliphatic carbocycles. The fraction of sp³-hybridized carbons (Fsp3) is 0. The van der Waals surface area contributed by atoms with Crippen LogP contribution in [0.15, 0.2) is 71.5 Å². The molecular formula is C19H12O10S3. The molecule has 1 aromatic heterocycles. The molecule has 4 aromatic rings. The highest BCUT2D eigenvalue weighted by atomic mass is 32.3. The summed E-state index contributed by atoms with van der Waals surface area (Å²) in [6, 6.07) is 17.8. The molecule has 0 aliphatic heterocycles. The van der Waals surface area contributed by atoms with Crippen molar-refractivity contribution in [2.75, 3.05) is 0 Å². The van der Waals surface area contributed by atoms with Gasteiger partial charge in [-0.25, -0.2) is 0 Å². The van der Waals surface area contributed by atoms with E-state index in [0.717, 1.165) is 11.3 Å². The minimum Gasteiger partial charge on any atom is -0.457 e. The number of hydrogen-bond acceptors (Lipinski definition) is 10. The molecule has 13 heteroatoms. The third kappa shape index (κ3) is 4.88. The maximum Gasteiger partial charge on any atom is 0.477 e. The molecule has 3 aromatic carbocycles. The lowest BCUT2D eigenvalue weighted by molar-refractivity contribution is -0.103. The van der Waals surface area contributed by atoms with Crippen molar-refractivity contribution in [3.8, 4) is 17.2 Å². The van der Waals surface area contributed by atoms with Crippen molar-refractivity contribution < 1.29 is 39.0 Å². The second-order valence-corrected chi connectivity index (χ2v) is 9.33. The lowest BCUT2D eigenvalue weighted by atomic mass is 10.1. The van der Waals surface area contributed by atoms with Gasteiger partial charge in [0.25, 0.3) is 0 Å². The summed E-state index contributed by atoms with van der Waals surface area (Å²) in [6.45, 7) is 0. The predicted octanol–water partition coefficient (Wildman–Crippen LogP) is 3.58. The van der Waals surface area contributed by atoms with Crippen molar-refractivity contribution >= 4 is 52.3 Å². The standard InChI is InChI=1S/C19H12O10S3/c20-18-13-8-4-5-9-16(13)30-19-15(27-32(24,25)29-28-31(21,22)23)11-10-14(17(18)19)26-12-6-2-1-3-7-12/h1-11H,(H,21,22,23). The zero-order valence-corrected chi connectivity index (χ0v) is 18.1. The van der Waals surface area contributed by atoms with Crippen LogP contribution in [0.5, 0.6) is 17.2 Å². The van der Waals surface area contributed by atoms with Gasteiger partial charge in [0.2, 0.25) is 0 Å². The van der Waals surface area contributed by atoms with Gasteiger partial charge in [-0.05, 0) is 36.4 Å². The zero-order chi connectivity index (χ0) is 22.9. The summed E-state index contributed by atoms with van der Waals surface area (Å²) in [5, 5.41) is 0.426. The van der Waals surface area contributed by atoms with Crippen LogP contribution < -0.4 is 14.3 Å². The third-order valence-electron chi connectivity index (χ3n) is 4.01. The number of ether oxygens (including phenoxy) is 1. The van der Waals surface area contributed by atoms with Crippen LogP contribution in [0.3, 0.4) is 0 Å². The van der Waals surface area contributed by atoms with Crippen molar-refractivity contribution in [2.24, 2.45) is 0 Å². The maximum absolute atomic E-state index is 13.2. The molecule has 0 saturated carbocycles. The lowest BCUT2D eigenvalue weighted by Crippen LogP contribution is -2.17. The fourth-order valence-corrected chi connectivity index (χ4v) is 4.94. The fourth-order valence-electron chi connectivity index (χ4n) is 2.81. The van der Waals surface area contributed by atoms with Gasteiger partial charge < -0.3 is 8.92 Å². The normalized spacial score (nSPS) is 12.2. The van der Waals surface area contributed by atoms with Crippen molar-refractivity contribution in [2.45, 2.75) is 0 Å². The van der Waals surface area contributed by atoms with Gasteiger partial charge in [-0.2, -0.15) is 16.8 Å². The molecule has 0 aliphatic rings. The number of para-hydroxylation sites is 1. The molecule has 0 saturated heterocycles. The van der Waals surface area contributed by atoms with Crippen LogP contribution in [0.1, 0.15) is 0 Å². The SMILES string of the molecule is O=c1c2ccccc2sc2c(OS(=O)(=O)OOS(=O)(=O)O)ccc(Oc3ccccc3)c12. The summed E-state index contributed by atoms with van der Waals surface area (Å²) in [6.07, 6.45) is 0. The molecule has 4 rings (SSSR count). The first-order chi connectivity index (χ1) is 15.1. The van der Waals surface area contributed by atoms with Gasteiger partial charge in [-0.3, -0.25) is 9.35 Å². The average molecular weight is 496 g/mol. The van der Waals surface area contributed by atoms with E-state index in [1.54, 1.807) is 54.6 Å². The summed E-state index contributed by atoms with van der Waals surface area (Å²) in [5.74, 6) is 0.253. The maximum atomic E-state index is 13.2. The monoisotopic (exact) mass is 496 g/mol. The summed E-state index contributed by atoms with van der Waals surface area (Å²) in [4.78, 5) is 13.2. The van der Waals surface area contributed by atoms with Crippen LogP contribution in [-0.4, -0.2) is 21.4 Å². The average Bonchev–Trinajstić information content (AvgIpc) is 2.74. The van der Waals surface area contributed by atoms with E-state index in [4.69, 9.17) is 13.5 Å². The molecule has 0 bridgehead atoms. The first-order valence-corrected chi connectivity index (χ1v) is 12.2. The lowest BCUT2D eigenvalue weighted by Gasteiger charge is -2.12. The second-order valence-electron chi connectivity index (χ2n) is 6.16. The molecule has 1 heterocycles. The quantitative estimate of drug-likeness (QED) is 0.174. The molecular weight excluding hydrogens is 484 g/mol. The van der Waals surface area contributed by atoms with Crippen molar-refractivity contribution in [1.82, 2.24) is 0 Å². The highest BCUT2D eigenvalue weighted by molar-refractivity contribution is 7.83. The van der Waals surface area contributed by atoms with Gasteiger partial charge in [-0.1, -0.05) is 39.0 Å². The Balaban J connectivity index is 1.88. The van der Waals surface area contributed by atoms with Crippen LogP contribution >= 0.6 is 11.3 Å². The Morgan fingerprint density at radius 2 is 1.44 bits per heavy atom. The van der Waals surface area contributed by atoms with Crippen LogP contribution in [0.25, 0.3) is 20.2 Å². The smallest absolute Gasteiger partial charge is 0.457 e. The van der Waals surface area contributed by atoms with Gasteiger partial charge in [0.1, 0.15) is 11.5 Å². The molecule has 0 spiro atoms. The summed E-state index contributed by atoms with van der Waals surface area (Å²) in [7, 11) is -10.3. The van der Waals surface area contributed by atoms with Gasteiger partial charge in [0, 0.05) is 10.1 Å². The third-order valence-corrected chi connectivity index (χ3v) is 6.14. The highest BCUT2D eigenvalue weighted by Crippen LogP contribution is 2.39. The molecule has 0 unspecified atom stereocenters. The molecule has 10 nitrogen and oxygen atoms in total. The molecule has 32 heavy (non-hydrogen) atoms. The largest absolute Gasteiger partial charge is 0.477 e. The molecule has 1 N–H and O–H groups in total. The van der Waals surface area contributed by atoms with Gasteiger partial charge >= 0.3 is 20.8 Å². The number of benzene rings is 3. The van der Waals surface area contributed by atoms with E-state index in [9.17, 15) is 21.6 Å². The number of rotatable bonds is 7. The van der Waals surface area contributed by atoms with Crippen molar-refractivity contribution in [1.29, 1.82) is 0 Å². The molecule has 0 amide bonds. The Kier molecular flexibility index (Phi) is 5.85. The predicted molar refractivity (Wildman–Crippen MR) is 115 cm³/mol. The summed E-state index contributed by atoms with van der Waals surface area (Å²) in [5.41, 5.74) is -0.432. The molecule has 0 radical (unpaired) electrons. The first-order valence-electron chi connectivity index (χ1n) is 8.64. The van der Waals surface area contributed by atoms with E-state index in [-0.39, 0.29) is 21.6 Å². The summed E-state index contributed by atoms with van der Waals surface area (Å²) < 4.78 is 72.0. The summed E-state index contributed by atoms with van der Waals surface area (Å²) >= 11 is 1.05. The van der Waals surface area contributed by atoms with E-state index < -0.39 is 26.2 Å². The van der Waals surface area contributed by atoms with Gasteiger partial charge in [-0.15, -0.1) is 11.3 Å². The zero-order valence-electron chi connectivity index (χ0n) is 15.7. The Bertz CT molecular complexity index is 1580. The van der Waals surface area contributed by atoms with E-state index in [1.165, 1.54) is 12.1 Å². The number of hydrogen-bond donors (Lipinski definition) is 1. The highest BCUT2D eigenvalue weighted by Gasteiger charge is 2.24. The Hall–Kier alpha value is -3.07. The topological polar surface area (TPSA) is 142 Å². The van der Waals surface area contributed by atoms with Gasteiger partial charge in [0.05, 0.1) is 10.1 Å². The second kappa shape index (κ2) is 8.46. The van der Waals surface area contributed by atoms with E-state index in [0.29, 0.717) is 15.8 Å². The van der Waals surface area contributed by atoms with Gasteiger partial charge in [0.15, 0.2) is 11.2 Å². The molecule has 0 fully saturated rings. The number of fused-ring (bicyclic) bond motifs is 2. The van der Waals surface area contributed by atoms with E-state index in [1.807, 2.05) is 0 Å². The van der Waals surface area contributed by atoms with Crippen LogP contribution in [0, 0.1) is 0 Å². The first kappa shape index (κ1) is 22.1. The minimum atomic E-state index is -5.22. The minimum absolute atomic E-state index is 0.0425. The Labute approximate surface area is 185 Å². The van der Waals surface area contributed by atoms with Crippen LogP contribution in [0.4, 0.5) is 0 Å². The molecule has 0 atom stereocenters. The Morgan fingerprint density at radius 1 is 0.781 bits per heavy atom. The van der Waals surface area contributed by atoms with E-state index in [2.05, 4.69) is 8.67 Å². The van der Waals surface area contributed by atoms with Crippen LogP contribution in [0.2, 0.25) is 0 Å². The van der Waals surface area contributed by atoms with Crippen molar-refractivity contribution in [3.63, 3.8) is 0 Å². The van der Waals surface area contributed by atoms with E-state index >= 15 is 0 Å². The van der Waals surface area contributed by atoms with Crippen LogP contribution in [-0.2, 0) is 29.5 Å². The van der Waals surface area contributed by atoms with Crippen molar-refractivity contribution in [3.05, 3.63) is 77.0 Å².